The third-order valence-corrected chi connectivity index (χ3v) is 4.36. The second-order valence-electron chi connectivity index (χ2n) is 3.69. The van der Waals surface area contributed by atoms with Crippen LogP contribution >= 0.6 is 46.1 Å². The lowest BCUT2D eigenvalue weighted by Crippen LogP contribution is -2.11. The first-order chi connectivity index (χ1) is 8.06. The van der Waals surface area contributed by atoms with E-state index in [2.05, 4.69) is 0 Å². The van der Waals surface area contributed by atoms with Gasteiger partial charge in [-0.1, -0.05) is 40.9 Å². The van der Waals surface area contributed by atoms with Gasteiger partial charge in [-0.2, -0.15) is 0 Å². The maximum Gasteiger partial charge on any atom is 0.0931 e. The molecule has 0 saturated heterocycles. The highest BCUT2D eigenvalue weighted by atomic mass is 35.5. The number of halogens is 3. The van der Waals surface area contributed by atoms with Crippen LogP contribution < -0.4 is 5.73 Å². The van der Waals surface area contributed by atoms with Gasteiger partial charge >= 0.3 is 0 Å². The summed E-state index contributed by atoms with van der Waals surface area (Å²) in [5.74, 6) is 0. The molecule has 90 valence electrons. The number of rotatable bonds is 3. The summed E-state index contributed by atoms with van der Waals surface area (Å²) < 4.78 is 0.748. The molecule has 0 aliphatic heterocycles. The van der Waals surface area contributed by atoms with Crippen molar-refractivity contribution >= 4 is 46.1 Å². The first-order valence-electron chi connectivity index (χ1n) is 5.01. The van der Waals surface area contributed by atoms with E-state index in [0.29, 0.717) is 16.5 Å². The van der Waals surface area contributed by atoms with Gasteiger partial charge in [-0.15, -0.1) is 11.3 Å². The van der Waals surface area contributed by atoms with Crippen molar-refractivity contribution in [1.82, 2.24) is 0 Å². The molecule has 0 aliphatic carbocycles. The monoisotopic (exact) mass is 305 g/mol. The van der Waals surface area contributed by atoms with E-state index in [1.54, 1.807) is 6.07 Å². The van der Waals surface area contributed by atoms with E-state index in [1.807, 2.05) is 24.3 Å². The van der Waals surface area contributed by atoms with Crippen LogP contribution in [-0.2, 0) is 6.42 Å². The fourth-order valence-corrected chi connectivity index (χ4v) is 3.10. The van der Waals surface area contributed by atoms with Crippen LogP contribution in [0.2, 0.25) is 14.4 Å². The van der Waals surface area contributed by atoms with Crippen LogP contribution in [0.3, 0.4) is 0 Å². The molecule has 0 amide bonds. The molecule has 17 heavy (non-hydrogen) atoms. The summed E-state index contributed by atoms with van der Waals surface area (Å²) in [7, 11) is 0. The predicted octanol–water partition coefficient (Wildman–Crippen LogP) is 4.95. The first-order valence-corrected chi connectivity index (χ1v) is 6.96. The molecule has 5 heteroatoms. The summed E-state index contributed by atoms with van der Waals surface area (Å²) >= 11 is 19.3. The topological polar surface area (TPSA) is 26.0 Å². The molecule has 1 nitrogen and oxygen atoms in total. The second kappa shape index (κ2) is 5.59. The molecule has 1 aromatic heterocycles. The normalized spacial score (nSPS) is 12.7. The predicted molar refractivity (Wildman–Crippen MR) is 76.4 cm³/mol. The number of thiophene rings is 1. The summed E-state index contributed by atoms with van der Waals surface area (Å²) in [6, 6.07) is 9.15. The zero-order valence-electron chi connectivity index (χ0n) is 8.79. The lowest BCUT2D eigenvalue weighted by Gasteiger charge is -2.11. The van der Waals surface area contributed by atoms with Crippen LogP contribution in [0.25, 0.3) is 0 Å². The number of hydrogen-bond acceptors (Lipinski definition) is 2. The van der Waals surface area contributed by atoms with Crippen molar-refractivity contribution in [3.05, 3.63) is 55.2 Å². The number of hydrogen-bond donors (Lipinski definition) is 1. The largest absolute Gasteiger partial charge is 0.323 e. The van der Waals surface area contributed by atoms with Gasteiger partial charge < -0.3 is 5.73 Å². The van der Waals surface area contributed by atoms with Crippen molar-refractivity contribution in [3.63, 3.8) is 0 Å². The van der Waals surface area contributed by atoms with Crippen molar-refractivity contribution in [2.75, 3.05) is 0 Å². The van der Waals surface area contributed by atoms with Gasteiger partial charge in [0.1, 0.15) is 0 Å². The number of benzene rings is 1. The Labute approximate surface area is 119 Å². The van der Waals surface area contributed by atoms with E-state index in [4.69, 9.17) is 40.5 Å². The molecule has 1 atom stereocenters. The Morgan fingerprint density at radius 2 is 1.88 bits per heavy atom. The van der Waals surface area contributed by atoms with Gasteiger partial charge in [0, 0.05) is 21.0 Å². The van der Waals surface area contributed by atoms with E-state index in [9.17, 15) is 0 Å². The Balaban J connectivity index is 2.15. The lowest BCUT2D eigenvalue weighted by molar-refractivity contribution is 0.737. The average molecular weight is 307 g/mol. The molecule has 2 rings (SSSR count). The molecular formula is C12H10Cl3NS. The van der Waals surface area contributed by atoms with Gasteiger partial charge in [-0.05, 0) is 36.2 Å². The zero-order chi connectivity index (χ0) is 12.4. The molecule has 0 radical (unpaired) electrons. The highest BCUT2D eigenvalue weighted by Gasteiger charge is 2.11. The molecule has 2 aromatic rings. The van der Waals surface area contributed by atoms with Crippen molar-refractivity contribution < 1.29 is 0 Å². The van der Waals surface area contributed by atoms with Crippen LogP contribution in [0, 0.1) is 0 Å². The van der Waals surface area contributed by atoms with Crippen molar-refractivity contribution in [2.45, 2.75) is 12.5 Å². The second-order valence-corrected chi connectivity index (χ2v) is 6.28. The van der Waals surface area contributed by atoms with Crippen molar-refractivity contribution in [1.29, 1.82) is 0 Å². The van der Waals surface area contributed by atoms with Crippen LogP contribution in [0.5, 0.6) is 0 Å². The van der Waals surface area contributed by atoms with Crippen LogP contribution in [0.4, 0.5) is 0 Å². The fourth-order valence-electron chi connectivity index (χ4n) is 1.55. The van der Waals surface area contributed by atoms with Gasteiger partial charge in [0.25, 0.3) is 0 Å². The minimum atomic E-state index is -0.0915. The van der Waals surface area contributed by atoms with Gasteiger partial charge in [-0.3, -0.25) is 0 Å². The molecule has 2 N–H and O–H groups in total. The molecule has 1 heterocycles. The molecular weight excluding hydrogens is 297 g/mol. The quantitative estimate of drug-likeness (QED) is 0.853. The summed E-state index contributed by atoms with van der Waals surface area (Å²) in [4.78, 5) is 1.06. The Kier molecular flexibility index (Phi) is 4.34. The molecule has 0 saturated carbocycles. The number of nitrogens with two attached hydrogens (primary N) is 1. The maximum absolute atomic E-state index is 6.11. The zero-order valence-corrected chi connectivity index (χ0v) is 11.9. The van der Waals surface area contributed by atoms with Gasteiger partial charge in [0.15, 0.2) is 0 Å². The van der Waals surface area contributed by atoms with E-state index in [0.717, 1.165) is 14.8 Å². The SMILES string of the molecule is NC(Cc1ccc(Cl)cc1Cl)c1ccc(Cl)s1. The summed E-state index contributed by atoms with van der Waals surface area (Å²) in [5.41, 5.74) is 7.10. The van der Waals surface area contributed by atoms with Gasteiger partial charge in [-0.25, -0.2) is 0 Å². The first kappa shape index (κ1) is 13.2. The van der Waals surface area contributed by atoms with Crippen molar-refractivity contribution in [3.8, 4) is 0 Å². The third kappa shape index (κ3) is 3.36. The van der Waals surface area contributed by atoms with Crippen molar-refractivity contribution in [2.24, 2.45) is 5.73 Å². The minimum Gasteiger partial charge on any atom is -0.323 e. The molecule has 0 fully saturated rings. The van der Waals surface area contributed by atoms with Gasteiger partial charge in [0.05, 0.1) is 4.34 Å². The fraction of sp³-hybridized carbons (Fsp3) is 0.167. The Morgan fingerprint density at radius 3 is 2.47 bits per heavy atom. The average Bonchev–Trinajstić information content (AvgIpc) is 2.69. The van der Waals surface area contributed by atoms with E-state index >= 15 is 0 Å². The highest BCUT2D eigenvalue weighted by molar-refractivity contribution is 7.16. The van der Waals surface area contributed by atoms with Crippen LogP contribution in [0.15, 0.2) is 30.3 Å². The Bertz CT molecular complexity index is 524. The summed E-state index contributed by atoms with van der Waals surface area (Å²) in [6.45, 7) is 0. The molecule has 0 bridgehead atoms. The van der Waals surface area contributed by atoms with Gasteiger partial charge in [0.2, 0.25) is 0 Å². The highest BCUT2D eigenvalue weighted by Crippen LogP contribution is 2.30. The Morgan fingerprint density at radius 1 is 1.12 bits per heavy atom. The van der Waals surface area contributed by atoms with E-state index in [1.165, 1.54) is 11.3 Å². The minimum absolute atomic E-state index is 0.0915. The molecule has 0 spiro atoms. The Hall–Kier alpha value is -0.250. The van der Waals surface area contributed by atoms with E-state index in [-0.39, 0.29) is 6.04 Å². The molecule has 0 aliphatic rings. The summed E-state index contributed by atoms with van der Waals surface area (Å²) in [6.07, 6.45) is 0.673. The summed E-state index contributed by atoms with van der Waals surface area (Å²) in [5, 5.41) is 1.28. The standard InChI is InChI=1S/C12H10Cl3NS/c13-8-2-1-7(9(14)6-8)5-10(16)11-3-4-12(15)17-11/h1-4,6,10H,5,16H2. The van der Waals surface area contributed by atoms with Crippen LogP contribution in [-0.4, -0.2) is 0 Å². The lowest BCUT2D eigenvalue weighted by atomic mass is 10.1. The third-order valence-electron chi connectivity index (χ3n) is 2.41. The molecule has 1 unspecified atom stereocenters. The van der Waals surface area contributed by atoms with E-state index < -0.39 is 0 Å². The van der Waals surface area contributed by atoms with Crippen LogP contribution in [0.1, 0.15) is 16.5 Å². The smallest absolute Gasteiger partial charge is 0.0931 e. The molecule has 1 aromatic carbocycles. The maximum atomic E-state index is 6.11.